The molecule has 2 saturated heterocycles. The summed E-state index contributed by atoms with van der Waals surface area (Å²) in [6, 6.07) is 24.4. The third-order valence-corrected chi connectivity index (χ3v) is 12.1. The number of imidazole rings is 2. The van der Waals surface area contributed by atoms with E-state index < -0.39 is 18.1 Å². The van der Waals surface area contributed by atoms with Gasteiger partial charge in [-0.05, 0) is 96.6 Å². The highest BCUT2D eigenvalue weighted by molar-refractivity contribution is 5.89. The number of amides is 2. The first-order valence-electron chi connectivity index (χ1n) is 18.9. The Kier molecular flexibility index (Phi) is 11.3. The Bertz CT molecular complexity index is 2490. The molecule has 10 rings (SSSR count). The van der Waals surface area contributed by atoms with E-state index >= 15 is 8.78 Å². The lowest BCUT2D eigenvalue weighted by Crippen LogP contribution is -2.47. The number of aromatic nitrogens is 4. The van der Waals surface area contributed by atoms with Gasteiger partial charge in [-0.25, -0.2) is 14.8 Å². The van der Waals surface area contributed by atoms with Crippen molar-refractivity contribution in [1.29, 1.82) is 0 Å². The summed E-state index contributed by atoms with van der Waals surface area (Å²) in [6.07, 6.45) is 5.83. The van der Waals surface area contributed by atoms with E-state index in [1.54, 1.807) is 30.5 Å². The first kappa shape index (κ1) is 41.2. The van der Waals surface area contributed by atoms with Crippen LogP contribution in [0.2, 0.25) is 0 Å². The van der Waals surface area contributed by atoms with Gasteiger partial charge < -0.3 is 30.2 Å². The van der Waals surface area contributed by atoms with Crippen LogP contribution in [0.1, 0.15) is 78.6 Å². The highest BCUT2D eigenvalue weighted by atomic mass is 35.5. The SMILES string of the molecule is COC(=O)N[C@@H](C(=O)N1[C@@H]2CC[C@H](C2)[C@H]1c1nc2ccc(-c3ccc4c(c3)C(F)(F)c3cc(-c5cnc([C@@H]6CCCN6)[nH]5)ccc3-4)cc2[nH]1)c1ccccc1.Cl.Cl.Cl. The number of methoxy groups -OCH3 is 1. The standard InChI is InChI=1S/C43H39F2N7O3.3ClH/c1-55-42(54)51-37(23-6-3-2-4-7-23)41(53)52-28-13-9-27(18-28)38(52)40-48-33-16-12-25(21-35(33)49-40)24-10-14-29-30-15-11-26(20-32(30)43(44,45)31(29)19-24)36-22-47-39(50-36)34-8-5-17-46-34;;;/h2-4,6-7,10-12,14-16,19-22,27-28,34,37-38,46H,5,8-9,13,17-18H2,1H3,(H,47,50)(H,48,49)(H,51,54);3*1H/t27-,28-,34+,37-,38+;;;/m1.../s1. The summed E-state index contributed by atoms with van der Waals surface area (Å²) in [4.78, 5) is 45.0. The van der Waals surface area contributed by atoms with Gasteiger partial charge in [0.05, 0.1) is 42.1 Å². The average molecular weight is 849 g/mol. The van der Waals surface area contributed by atoms with E-state index in [-0.39, 0.29) is 78.3 Å². The molecule has 4 N–H and O–H groups in total. The number of carbonyl (C=O) groups is 2. The fraction of sp³-hybridized carbons (Fsp3) is 0.302. The smallest absolute Gasteiger partial charge is 0.407 e. The molecule has 2 amide bonds. The van der Waals surface area contributed by atoms with Gasteiger partial charge in [0, 0.05) is 22.7 Å². The first-order valence-corrected chi connectivity index (χ1v) is 18.9. The van der Waals surface area contributed by atoms with Gasteiger partial charge in [-0.1, -0.05) is 60.7 Å². The summed E-state index contributed by atoms with van der Waals surface area (Å²) < 4.78 is 37.5. The van der Waals surface area contributed by atoms with Crippen LogP contribution in [0.4, 0.5) is 13.6 Å². The molecule has 2 aromatic heterocycles. The molecule has 0 unspecified atom stereocenters. The molecule has 2 bridgehead atoms. The minimum absolute atomic E-state index is 0. The molecule has 1 saturated carbocycles. The summed E-state index contributed by atoms with van der Waals surface area (Å²) in [5, 5.41) is 6.18. The number of aromatic amines is 2. The van der Waals surface area contributed by atoms with Gasteiger partial charge in [0.2, 0.25) is 0 Å². The molecule has 0 spiro atoms. The normalized spacial score (nSPS) is 21.3. The van der Waals surface area contributed by atoms with E-state index in [0.717, 1.165) is 66.8 Å². The number of fused-ring (bicyclic) bond motifs is 6. The van der Waals surface area contributed by atoms with E-state index in [0.29, 0.717) is 33.6 Å². The molecule has 10 nitrogen and oxygen atoms in total. The Hall–Kier alpha value is -5.01. The van der Waals surface area contributed by atoms with Crippen molar-refractivity contribution in [1.82, 2.24) is 35.5 Å². The molecule has 4 aromatic carbocycles. The molecular weight excluding hydrogens is 807 g/mol. The predicted octanol–water partition coefficient (Wildman–Crippen LogP) is 9.58. The van der Waals surface area contributed by atoms with Crippen LogP contribution in [0.25, 0.3) is 44.5 Å². The number of hydrogen-bond donors (Lipinski definition) is 4. The Labute approximate surface area is 352 Å². The lowest BCUT2D eigenvalue weighted by molar-refractivity contribution is -0.138. The van der Waals surface area contributed by atoms with Gasteiger partial charge in [0.25, 0.3) is 11.8 Å². The minimum Gasteiger partial charge on any atom is -0.453 e. The summed E-state index contributed by atoms with van der Waals surface area (Å²) in [5.41, 5.74) is 6.00. The summed E-state index contributed by atoms with van der Waals surface area (Å²) in [7, 11) is 1.28. The Morgan fingerprint density at radius 3 is 2.29 bits per heavy atom. The summed E-state index contributed by atoms with van der Waals surface area (Å²) in [6.45, 7) is 0.944. The number of nitrogens with one attached hydrogen (secondary N) is 4. The molecule has 0 radical (unpaired) electrons. The van der Waals surface area contributed by atoms with Gasteiger partial charge in [0.15, 0.2) is 0 Å². The van der Waals surface area contributed by atoms with Gasteiger partial charge in [0.1, 0.15) is 17.7 Å². The molecule has 4 aliphatic rings. The summed E-state index contributed by atoms with van der Waals surface area (Å²) >= 11 is 0. The number of piperidine rings is 1. The summed E-state index contributed by atoms with van der Waals surface area (Å²) in [5.74, 6) is -1.68. The number of ether oxygens (including phenoxy) is 1. The van der Waals surface area contributed by atoms with Crippen molar-refractivity contribution in [2.24, 2.45) is 5.92 Å². The molecule has 4 heterocycles. The molecule has 15 heteroatoms. The second-order valence-electron chi connectivity index (χ2n) is 15.2. The number of carbonyl (C=O) groups excluding carboxylic acids is 2. The Morgan fingerprint density at radius 1 is 0.862 bits per heavy atom. The van der Waals surface area contributed by atoms with Gasteiger partial charge >= 0.3 is 6.09 Å². The van der Waals surface area contributed by atoms with E-state index in [1.165, 1.54) is 7.11 Å². The molecule has 2 aliphatic heterocycles. The quantitative estimate of drug-likeness (QED) is 0.127. The third kappa shape index (κ3) is 6.79. The van der Waals surface area contributed by atoms with Crippen molar-refractivity contribution in [2.45, 2.75) is 62.2 Å². The van der Waals surface area contributed by atoms with Gasteiger partial charge in [-0.15, -0.1) is 37.2 Å². The number of alkyl carbamates (subject to hydrolysis) is 1. The van der Waals surface area contributed by atoms with Gasteiger partial charge in [-0.2, -0.15) is 8.78 Å². The van der Waals surface area contributed by atoms with Crippen LogP contribution in [0.5, 0.6) is 0 Å². The zero-order chi connectivity index (χ0) is 37.4. The molecule has 2 aliphatic carbocycles. The van der Waals surface area contributed by atoms with Crippen molar-refractivity contribution in [2.75, 3.05) is 13.7 Å². The van der Waals surface area contributed by atoms with E-state index in [4.69, 9.17) is 9.72 Å². The van der Waals surface area contributed by atoms with Crippen molar-refractivity contribution >= 4 is 60.3 Å². The number of benzene rings is 4. The van der Waals surface area contributed by atoms with Crippen LogP contribution in [-0.4, -0.2) is 56.5 Å². The number of H-pyrrole nitrogens is 2. The monoisotopic (exact) mass is 847 g/mol. The highest BCUT2D eigenvalue weighted by Gasteiger charge is 2.51. The molecule has 302 valence electrons. The second-order valence-corrected chi connectivity index (χ2v) is 15.2. The molecule has 5 atom stereocenters. The maximum absolute atomic E-state index is 16.3. The number of hydrogen-bond acceptors (Lipinski definition) is 6. The van der Waals surface area contributed by atoms with E-state index in [1.807, 2.05) is 65.6 Å². The fourth-order valence-corrected chi connectivity index (χ4v) is 9.41. The highest BCUT2D eigenvalue weighted by Crippen LogP contribution is 2.53. The third-order valence-electron chi connectivity index (χ3n) is 12.1. The Balaban J connectivity index is 0.00000171. The Morgan fingerprint density at radius 2 is 1.57 bits per heavy atom. The second kappa shape index (κ2) is 16.0. The molecule has 3 fully saturated rings. The maximum atomic E-state index is 16.3. The number of likely N-dealkylation sites (tertiary alicyclic amines) is 1. The topological polar surface area (TPSA) is 128 Å². The minimum atomic E-state index is -3.18. The van der Waals surface area contributed by atoms with E-state index in [9.17, 15) is 9.59 Å². The molecule has 6 aromatic rings. The number of halogens is 5. The largest absolute Gasteiger partial charge is 0.453 e. The number of rotatable bonds is 7. The van der Waals surface area contributed by atoms with Crippen LogP contribution in [-0.2, 0) is 15.5 Å². The lowest BCUT2D eigenvalue weighted by Gasteiger charge is -2.36. The lowest BCUT2D eigenvalue weighted by atomic mass is 9.96. The van der Waals surface area contributed by atoms with Crippen LogP contribution in [0.15, 0.2) is 91.1 Å². The average Bonchev–Trinajstić information content (AvgIpc) is 4.08. The van der Waals surface area contributed by atoms with Gasteiger partial charge in [-0.3, -0.25) is 4.79 Å². The predicted molar refractivity (Wildman–Crippen MR) is 225 cm³/mol. The number of nitrogens with zero attached hydrogens (tertiary/aromatic N) is 3. The molecular formula is C43H42Cl3F2N7O3. The van der Waals surface area contributed by atoms with Crippen LogP contribution in [0, 0.1) is 5.92 Å². The fourth-order valence-electron chi connectivity index (χ4n) is 9.41. The molecule has 58 heavy (non-hydrogen) atoms. The van der Waals surface area contributed by atoms with Crippen LogP contribution >= 0.6 is 37.2 Å². The maximum Gasteiger partial charge on any atom is 0.407 e. The zero-order valence-electron chi connectivity index (χ0n) is 31.3. The first-order chi connectivity index (χ1) is 26.8. The van der Waals surface area contributed by atoms with Crippen molar-refractivity contribution < 1.29 is 23.1 Å². The van der Waals surface area contributed by atoms with Crippen molar-refractivity contribution in [3.63, 3.8) is 0 Å². The number of alkyl halides is 2. The van der Waals surface area contributed by atoms with Crippen LogP contribution in [0.3, 0.4) is 0 Å². The van der Waals surface area contributed by atoms with E-state index in [2.05, 4.69) is 25.6 Å². The van der Waals surface area contributed by atoms with Crippen molar-refractivity contribution in [3.8, 4) is 33.5 Å². The van der Waals surface area contributed by atoms with Crippen LogP contribution < -0.4 is 10.6 Å². The zero-order valence-corrected chi connectivity index (χ0v) is 33.8. The van der Waals surface area contributed by atoms with Crippen molar-refractivity contribution in [3.05, 3.63) is 119 Å².